The van der Waals surface area contributed by atoms with Crippen molar-refractivity contribution < 1.29 is 86.2 Å². The number of carbonyl (C=O) groups is 4. The molecule has 474 valence electrons. The van der Waals surface area contributed by atoms with Crippen LogP contribution in [-0.4, -0.2) is 163 Å². The first-order chi connectivity index (χ1) is 45.0. The summed E-state index contributed by atoms with van der Waals surface area (Å²) in [5.74, 6) is -2.14. The molecule has 92 heavy (non-hydrogen) atoms. The molecular formula is C69H65N5O18. The number of methoxy groups -OCH3 is 1. The van der Waals surface area contributed by atoms with Crippen molar-refractivity contribution in [1.82, 2.24) is 9.80 Å². The van der Waals surface area contributed by atoms with Gasteiger partial charge in [0.05, 0.1) is 62.4 Å². The fourth-order valence-electron chi connectivity index (χ4n) is 12.6. The lowest BCUT2D eigenvalue weighted by Crippen LogP contribution is -2.71. The van der Waals surface area contributed by atoms with E-state index in [9.17, 15) is 25.3 Å². The van der Waals surface area contributed by atoms with Gasteiger partial charge >= 0.3 is 0 Å². The fraction of sp³-hybridized carbons (Fsp3) is 0.333. The summed E-state index contributed by atoms with van der Waals surface area (Å²) < 4.78 is 80.0. The number of ether oxygens (including phenoxy) is 12. The Balaban J connectivity index is 0.946. The number of aliphatic hydroxyl groups is 2. The lowest BCUT2D eigenvalue weighted by atomic mass is 9.92. The largest absolute Gasteiger partial charge is 0.497 e. The molecule has 23 heteroatoms. The van der Waals surface area contributed by atoms with Gasteiger partial charge in [-0.1, -0.05) is 151 Å². The Kier molecular flexibility index (Phi) is 18.9. The van der Waals surface area contributed by atoms with E-state index in [4.69, 9.17) is 56.8 Å². The highest BCUT2D eigenvalue weighted by Gasteiger charge is 2.61. The third-order valence-corrected chi connectivity index (χ3v) is 17.1. The highest BCUT2D eigenvalue weighted by molar-refractivity contribution is 6.22. The molecule has 4 amide bonds. The minimum absolute atomic E-state index is 0.0397. The molecule has 0 aromatic heterocycles. The number of aliphatic hydroxyl groups excluding tert-OH is 2. The van der Waals surface area contributed by atoms with Crippen LogP contribution >= 0.6 is 0 Å². The van der Waals surface area contributed by atoms with Gasteiger partial charge in [-0.25, -0.2) is 0 Å². The zero-order chi connectivity index (χ0) is 63.2. The quantitative estimate of drug-likeness (QED) is 0.0282. The van der Waals surface area contributed by atoms with Crippen molar-refractivity contribution in [2.24, 2.45) is 5.11 Å². The molecule has 6 heterocycles. The van der Waals surface area contributed by atoms with Gasteiger partial charge in [0, 0.05) is 10.5 Å². The summed E-state index contributed by atoms with van der Waals surface area (Å²) in [6.07, 6.45) is -20.4. The first-order valence-electron chi connectivity index (χ1n) is 30.2. The Hall–Kier alpha value is -8.75. The lowest BCUT2D eigenvalue weighted by Gasteiger charge is -2.53. The average molecular weight is 1250 g/mol. The van der Waals surface area contributed by atoms with Gasteiger partial charge in [0.2, 0.25) is 0 Å². The van der Waals surface area contributed by atoms with Gasteiger partial charge in [-0.05, 0) is 70.8 Å². The van der Waals surface area contributed by atoms with E-state index < -0.39 is 122 Å². The van der Waals surface area contributed by atoms with Crippen LogP contribution in [0.2, 0.25) is 0 Å². The Labute approximate surface area is 528 Å². The smallest absolute Gasteiger partial charge is 0.262 e. The molecule has 7 aromatic carbocycles. The Bertz CT molecular complexity index is 3690. The summed E-state index contributed by atoms with van der Waals surface area (Å²) in [7, 11) is 1.52. The van der Waals surface area contributed by atoms with Crippen LogP contribution < -0.4 is 9.47 Å². The molecular weight excluding hydrogens is 1190 g/mol. The second-order valence-corrected chi connectivity index (χ2v) is 22.8. The Morgan fingerprint density at radius 1 is 0.511 bits per heavy atom. The van der Waals surface area contributed by atoms with Crippen LogP contribution in [0.15, 0.2) is 199 Å². The highest BCUT2D eigenvalue weighted by atomic mass is 16.8. The molecule has 0 saturated carbocycles. The van der Waals surface area contributed by atoms with Gasteiger partial charge in [0.15, 0.2) is 25.1 Å². The number of azide groups is 1. The molecule has 0 bridgehead atoms. The van der Waals surface area contributed by atoms with Crippen LogP contribution in [0.25, 0.3) is 10.4 Å². The average Bonchev–Trinajstić information content (AvgIpc) is 1.46. The minimum Gasteiger partial charge on any atom is -0.497 e. The molecule has 0 spiro atoms. The predicted molar refractivity (Wildman–Crippen MR) is 323 cm³/mol. The van der Waals surface area contributed by atoms with Crippen LogP contribution in [0.1, 0.15) is 70.0 Å². The van der Waals surface area contributed by atoms with Gasteiger partial charge in [-0.15, -0.1) is 0 Å². The Morgan fingerprint density at radius 2 is 0.978 bits per heavy atom. The van der Waals surface area contributed by atoms with Crippen LogP contribution in [0.5, 0.6) is 11.5 Å². The van der Waals surface area contributed by atoms with Gasteiger partial charge in [-0.3, -0.25) is 29.0 Å². The summed E-state index contributed by atoms with van der Waals surface area (Å²) in [5.41, 5.74) is 13.4. The van der Waals surface area contributed by atoms with Crippen molar-refractivity contribution in [1.29, 1.82) is 0 Å². The molecule has 16 atom stereocenters. The van der Waals surface area contributed by atoms with Gasteiger partial charge in [-0.2, -0.15) is 0 Å². The van der Waals surface area contributed by atoms with Gasteiger partial charge in [0.25, 0.3) is 23.6 Å². The molecule has 7 aromatic rings. The van der Waals surface area contributed by atoms with E-state index in [0.29, 0.717) is 28.2 Å². The first kappa shape index (κ1) is 62.1. The summed E-state index contributed by atoms with van der Waals surface area (Å²) in [5, 5.41) is 28.4. The topological polar surface area (TPSA) is 275 Å². The number of benzene rings is 7. The van der Waals surface area contributed by atoms with E-state index in [1.807, 2.05) is 97.1 Å². The molecule has 0 aliphatic carbocycles. The maximum absolute atomic E-state index is 15.4. The number of carbonyl (C=O) groups excluding carboxylic acids is 4. The van der Waals surface area contributed by atoms with Crippen molar-refractivity contribution in [3.63, 3.8) is 0 Å². The molecule has 23 nitrogen and oxygen atoms in total. The van der Waals surface area contributed by atoms with E-state index in [1.165, 1.54) is 31.4 Å². The van der Waals surface area contributed by atoms with Crippen molar-refractivity contribution in [3.05, 3.63) is 249 Å². The SMILES string of the molecule is COc1ccc(OC[C@H]2O[C@@H](N=[N+]=[N-])[C@H](N3C(=O)c4ccccc4C3=O)[C@@H](OCc3ccccc3)[C@@H]2O[C@@H]2O[C@H](COCc3ccccc3)[C@@H](O[C@@H]3O[C@@H]4COC(c5ccccc5)O[C@H]4[C@H](O)[C@@H]3O)[C@H](OCc3ccccc3)[C@H]2N2C(=O)c3ccccc3C2=O)cc1. The second-order valence-electron chi connectivity index (χ2n) is 22.8. The van der Waals surface area contributed by atoms with Gasteiger partial charge < -0.3 is 67.1 Å². The van der Waals surface area contributed by atoms with Gasteiger partial charge in [0.1, 0.15) is 91.2 Å². The predicted octanol–water partition coefficient (Wildman–Crippen LogP) is 7.88. The number of rotatable bonds is 22. The number of amides is 4. The summed E-state index contributed by atoms with van der Waals surface area (Å²) in [6.45, 7) is -1.12. The molecule has 2 N–H and O–H groups in total. The molecule has 0 radical (unpaired) electrons. The maximum atomic E-state index is 15.4. The Morgan fingerprint density at radius 3 is 1.51 bits per heavy atom. The number of fused-ring (bicyclic) bond motifs is 3. The van der Waals surface area contributed by atoms with Crippen LogP contribution in [0.3, 0.4) is 0 Å². The number of hydrogen-bond acceptors (Lipinski definition) is 19. The van der Waals surface area contributed by atoms with Crippen molar-refractivity contribution in [2.75, 3.05) is 26.9 Å². The van der Waals surface area contributed by atoms with E-state index in [1.54, 1.807) is 72.8 Å². The molecule has 1 unspecified atom stereocenters. The number of imide groups is 2. The molecule has 6 aliphatic heterocycles. The number of hydrogen-bond donors (Lipinski definition) is 2. The molecule has 4 saturated heterocycles. The van der Waals surface area contributed by atoms with Crippen LogP contribution in [0, 0.1) is 0 Å². The molecule has 13 rings (SSSR count). The molecule has 4 fully saturated rings. The molecule has 6 aliphatic rings. The maximum Gasteiger partial charge on any atom is 0.262 e. The van der Waals surface area contributed by atoms with E-state index in [-0.39, 0.29) is 61.9 Å². The van der Waals surface area contributed by atoms with Crippen LogP contribution in [0.4, 0.5) is 0 Å². The normalized spacial score (nSPS) is 29.2. The zero-order valence-electron chi connectivity index (χ0n) is 49.6. The summed E-state index contributed by atoms with van der Waals surface area (Å²) in [6, 6.07) is 52.5. The standard InChI is InChI=1S/C69H65N5O18/c1-81-44-30-32-45(33-31-44)83-38-52-59(60(84-35-41-20-8-3-9-21-41)53(62(87-52)71-72-70)73-63(77)46-26-14-15-27-47(46)64(73)78)91-68-54(74-65(79)48-28-16-17-29-49(48)66(74)80)61(85-36-42-22-10-4-11-23-42)58(50(88-68)37-82-34-40-18-6-2-7-19-40)92-69-56(76)55(75)57-51(89-69)39-86-67(90-57)43-24-12-5-13-25-43/h2-33,50-62,67-69,75-76H,34-39H2,1H3/t50-,51-,52-,53-,54-,55-,56+,57-,58-,59-,60-,61-,62-,67?,68+,69+/m1/s1. The van der Waals surface area contributed by atoms with E-state index >= 15 is 9.59 Å². The number of nitrogens with zero attached hydrogens (tertiary/aromatic N) is 5. The van der Waals surface area contributed by atoms with E-state index in [2.05, 4.69) is 10.0 Å². The third-order valence-electron chi connectivity index (χ3n) is 17.1. The summed E-state index contributed by atoms with van der Waals surface area (Å²) in [4.78, 5) is 65.6. The van der Waals surface area contributed by atoms with Crippen molar-refractivity contribution in [3.8, 4) is 11.5 Å². The second kappa shape index (κ2) is 28.0. The first-order valence-corrected chi connectivity index (χ1v) is 30.2. The highest BCUT2D eigenvalue weighted by Crippen LogP contribution is 2.43. The summed E-state index contributed by atoms with van der Waals surface area (Å²) >= 11 is 0. The third kappa shape index (κ3) is 12.8. The fourth-order valence-corrected chi connectivity index (χ4v) is 12.6. The minimum atomic E-state index is -1.83. The van der Waals surface area contributed by atoms with E-state index in [0.717, 1.165) is 15.4 Å². The lowest BCUT2D eigenvalue weighted by molar-refractivity contribution is -0.388. The van der Waals surface area contributed by atoms with Crippen molar-refractivity contribution >= 4 is 23.6 Å². The monoisotopic (exact) mass is 1250 g/mol. The van der Waals surface area contributed by atoms with Crippen LogP contribution in [-0.2, 0) is 67.2 Å². The zero-order valence-corrected chi connectivity index (χ0v) is 49.6. The van der Waals surface area contributed by atoms with Crippen molar-refractivity contribution in [2.45, 2.75) is 118 Å².